The Kier molecular flexibility index (Phi) is 6.17. The zero-order chi connectivity index (χ0) is 27.3. The minimum Gasteiger partial charge on any atom is -0.0898 e. The molecular formula is C39H29PS. The minimum absolute atomic E-state index is 0.212. The molecule has 0 nitrogen and oxygen atoms in total. The summed E-state index contributed by atoms with van der Waals surface area (Å²) >= 11 is 1.91. The molecule has 0 radical (unpaired) electrons. The van der Waals surface area contributed by atoms with Crippen LogP contribution in [0.15, 0.2) is 155 Å². The number of aryl methyl sites for hydroxylation is 1. The summed E-state index contributed by atoms with van der Waals surface area (Å²) in [6.45, 7) is 2.16. The first kappa shape index (κ1) is 24.9. The third-order valence-corrected chi connectivity index (χ3v) is 12.1. The average Bonchev–Trinajstić information content (AvgIpc) is 3.03. The van der Waals surface area contributed by atoms with Crippen LogP contribution < -0.4 is 15.9 Å². The van der Waals surface area contributed by atoms with Crippen molar-refractivity contribution in [3.05, 3.63) is 185 Å². The van der Waals surface area contributed by atoms with Crippen LogP contribution in [-0.4, -0.2) is 0 Å². The number of hydrogen-bond donors (Lipinski definition) is 0. The normalized spacial score (nSPS) is 16.2. The Hall–Kier alpha value is -3.90. The summed E-state index contributed by atoms with van der Waals surface area (Å²) in [5.41, 5.74) is 10.2. The van der Waals surface area contributed by atoms with Crippen LogP contribution >= 0.6 is 19.7 Å². The van der Waals surface area contributed by atoms with E-state index in [4.69, 9.17) is 0 Å². The number of hydrogen-bond acceptors (Lipinski definition) is 1. The van der Waals surface area contributed by atoms with Crippen molar-refractivity contribution in [2.45, 2.75) is 28.6 Å². The Morgan fingerprint density at radius 3 is 1.66 bits per heavy atom. The van der Waals surface area contributed by atoms with Crippen LogP contribution in [0, 0.1) is 6.92 Å². The summed E-state index contributed by atoms with van der Waals surface area (Å²) < 4.78 is 0. The summed E-state index contributed by atoms with van der Waals surface area (Å²) in [6.07, 6.45) is 0. The molecule has 0 unspecified atom stereocenters. The van der Waals surface area contributed by atoms with Gasteiger partial charge in [0.15, 0.2) is 0 Å². The monoisotopic (exact) mass is 560 g/mol. The van der Waals surface area contributed by atoms with E-state index in [1.165, 1.54) is 64.6 Å². The smallest absolute Gasteiger partial charge is 0.0366 e. The Morgan fingerprint density at radius 1 is 0.463 bits per heavy atom. The van der Waals surface area contributed by atoms with E-state index in [-0.39, 0.29) is 11.8 Å². The molecule has 0 aromatic heterocycles. The molecule has 0 heterocycles. The van der Waals surface area contributed by atoms with Crippen LogP contribution in [0.2, 0.25) is 0 Å². The van der Waals surface area contributed by atoms with Crippen molar-refractivity contribution in [1.29, 1.82) is 0 Å². The highest BCUT2D eigenvalue weighted by atomic mass is 32.2. The maximum absolute atomic E-state index is 2.42. The second-order valence-electron chi connectivity index (χ2n) is 11.0. The summed E-state index contributed by atoms with van der Waals surface area (Å²) in [7, 11) is -0.719. The van der Waals surface area contributed by atoms with Crippen LogP contribution in [0.5, 0.6) is 0 Å². The molecule has 0 N–H and O–H groups in total. The number of benzene rings is 6. The second kappa shape index (κ2) is 10.2. The average molecular weight is 561 g/mol. The first-order valence-electron chi connectivity index (χ1n) is 14.3. The molecule has 0 aliphatic heterocycles. The van der Waals surface area contributed by atoms with Gasteiger partial charge < -0.3 is 0 Å². The predicted molar refractivity (Wildman–Crippen MR) is 175 cm³/mol. The van der Waals surface area contributed by atoms with E-state index < -0.39 is 7.92 Å². The van der Waals surface area contributed by atoms with Gasteiger partial charge in [0.05, 0.1) is 0 Å². The van der Waals surface area contributed by atoms with Gasteiger partial charge in [-0.15, -0.1) is 0 Å². The van der Waals surface area contributed by atoms with Gasteiger partial charge in [-0.1, -0.05) is 145 Å². The van der Waals surface area contributed by atoms with Crippen LogP contribution in [0.4, 0.5) is 0 Å². The molecule has 0 amide bonds. The fraction of sp³-hybridized carbons (Fsp3) is 0.0769. The Morgan fingerprint density at radius 2 is 1.00 bits per heavy atom. The third-order valence-electron chi connectivity index (χ3n) is 8.55. The van der Waals surface area contributed by atoms with Crippen LogP contribution in [0.25, 0.3) is 0 Å². The SMILES string of the molecule is Cc1ccc(Sc2cccc3c2[C@H]2c4ccccc4[C@@H]3c3cccc(P(c4ccccc4)c4ccccc4)c32)cc1. The Bertz CT molecular complexity index is 1840. The van der Waals surface area contributed by atoms with Gasteiger partial charge in [0, 0.05) is 21.6 Å². The first-order valence-corrected chi connectivity index (χ1v) is 16.4. The fourth-order valence-electron chi connectivity index (χ4n) is 6.85. The highest BCUT2D eigenvalue weighted by molar-refractivity contribution is 7.99. The summed E-state index contributed by atoms with van der Waals surface area (Å²) in [6, 6.07) is 54.6. The minimum atomic E-state index is -0.719. The molecule has 0 spiro atoms. The van der Waals surface area contributed by atoms with Crippen LogP contribution in [-0.2, 0) is 0 Å². The first-order chi connectivity index (χ1) is 20.3. The summed E-state index contributed by atoms with van der Waals surface area (Å²) in [5, 5.41) is 4.29. The highest BCUT2D eigenvalue weighted by Crippen LogP contribution is 2.58. The lowest BCUT2D eigenvalue weighted by molar-refractivity contribution is 0.743. The largest absolute Gasteiger partial charge is 0.0898 e. The van der Waals surface area contributed by atoms with Gasteiger partial charge in [-0.3, -0.25) is 0 Å². The van der Waals surface area contributed by atoms with E-state index in [1.807, 2.05) is 11.8 Å². The van der Waals surface area contributed by atoms with Gasteiger partial charge in [-0.25, -0.2) is 0 Å². The predicted octanol–water partition coefficient (Wildman–Crippen LogP) is 8.89. The molecule has 3 aliphatic rings. The third kappa shape index (κ3) is 4.11. The van der Waals surface area contributed by atoms with Crippen molar-refractivity contribution in [3.63, 3.8) is 0 Å². The van der Waals surface area contributed by atoms with Crippen molar-refractivity contribution in [2.24, 2.45) is 0 Å². The molecule has 0 saturated carbocycles. The molecule has 2 atom stereocenters. The zero-order valence-electron chi connectivity index (χ0n) is 22.9. The van der Waals surface area contributed by atoms with Crippen molar-refractivity contribution >= 4 is 35.6 Å². The van der Waals surface area contributed by atoms with E-state index in [2.05, 4.69) is 153 Å². The molecule has 0 fully saturated rings. The summed E-state index contributed by atoms with van der Waals surface area (Å²) in [4.78, 5) is 2.67. The summed E-state index contributed by atoms with van der Waals surface area (Å²) in [5.74, 6) is 0.465. The van der Waals surface area contributed by atoms with E-state index in [0.29, 0.717) is 0 Å². The maximum Gasteiger partial charge on any atom is 0.0366 e. The molecule has 0 saturated heterocycles. The van der Waals surface area contributed by atoms with Crippen LogP contribution in [0.3, 0.4) is 0 Å². The standard InChI is InChI=1S/C39H29PS/c1-26-22-24-29(25-23-26)41-35-21-11-19-33-36-30-16-8-9-17-31(30)39(38(33)35)37-32(36)18-10-20-34(37)40(27-12-4-2-5-13-27)28-14-6-3-7-15-28/h2-25,36,39H,1H3/t36-,39+/m1/s1. The second-order valence-corrected chi connectivity index (χ2v) is 14.3. The van der Waals surface area contributed by atoms with Gasteiger partial charge in [-0.05, 0) is 82.3 Å². The lowest BCUT2D eigenvalue weighted by Crippen LogP contribution is -2.34. The van der Waals surface area contributed by atoms with Crippen molar-refractivity contribution in [1.82, 2.24) is 0 Å². The lowest BCUT2D eigenvalue weighted by atomic mass is 9.61. The van der Waals surface area contributed by atoms with Crippen molar-refractivity contribution < 1.29 is 0 Å². The Labute approximate surface area is 247 Å². The van der Waals surface area contributed by atoms with Gasteiger partial charge in [0.2, 0.25) is 0 Å². The maximum atomic E-state index is 2.42. The molecular weight excluding hydrogens is 531 g/mol. The van der Waals surface area contributed by atoms with Gasteiger partial charge in [0.1, 0.15) is 0 Å². The molecule has 9 rings (SSSR count). The fourth-order valence-corrected chi connectivity index (χ4v) is 10.4. The Balaban J connectivity index is 1.38. The number of rotatable bonds is 5. The zero-order valence-corrected chi connectivity index (χ0v) is 24.6. The topological polar surface area (TPSA) is 0 Å². The van der Waals surface area contributed by atoms with E-state index in [0.717, 1.165) is 0 Å². The molecule has 2 heteroatoms. The molecule has 6 aromatic rings. The van der Waals surface area contributed by atoms with Gasteiger partial charge in [0.25, 0.3) is 0 Å². The highest BCUT2D eigenvalue weighted by Gasteiger charge is 2.44. The van der Waals surface area contributed by atoms with Gasteiger partial charge in [-0.2, -0.15) is 0 Å². The van der Waals surface area contributed by atoms with E-state index in [9.17, 15) is 0 Å². The molecule has 41 heavy (non-hydrogen) atoms. The molecule has 6 aromatic carbocycles. The van der Waals surface area contributed by atoms with Crippen molar-refractivity contribution in [2.75, 3.05) is 0 Å². The molecule has 196 valence electrons. The van der Waals surface area contributed by atoms with E-state index in [1.54, 1.807) is 0 Å². The van der Waals surface area contributed by atoms with Crippen LogP contribution in [0.1, 0.15) is 50.8 Å². The quantitative estimate of drug-likeness (QED) is 0.190. The molecule has 3 aliphatic carbocycles. The van der Waals surface area contributed by atoms with Gasteiger partial charge >= 0.3 is 0 Å². The van der Waals surface area contributed by atoms with Crippen molar-refractivity contribution in [3.8, 4) is 0 Å². The lowest BCUT2D eigenvalue weighted by Gasteiger charge is -2.44. The van der Waals surface area contributed by atoms with E-state index >= 15 is 0 Å². The molecule has 2 bridgehead atoms.